The molecule has 0 aromatic rings. The molecule has 0 aromatic carbocycles. The van der Waals surface area contributed by atoms with Gasteiger partial charge in [0.1, 0.15) is 0 Å². The van der Waals surface area contributed by atoms with Gasteiger partial charge in [-0.3, -0.25) is 0 Å². The molecule has 1 rings (SSSR count). The summed E-state index contributed by atoms with van der Waals surface area (Å²) in [5, 5.41) is 6.01. The number of carbonyl (C=O) groups is 2. The molecule has 1 aliphatic heterocycles. The lowest BCUT2D eigenvalue weighted by Gasteiger charge is -2.39. The quantitative estimate of drug-likeness (QED) is 0.589. The zero-order chi connectivity index (χ0) is 18.5. The highest BCUT2D eigenvalue weighted by atomic mass is 16.2. The highest BCUT2D eigenvalue weighted by Crippen LogP contribution is 2.10. The lowest BCUT2D eigenvalue weighted by Crippen LogP contribution is -2.59. The van der Waals surface area contributed by atoms with E-state index in [2.05, 4.69) is 24.5 Å². The van der Waals surface area contributed by atoms with Crippen molar-refractivity contribution in [3.63, 3.8) is 0 Å². The molecular formula is C19H38N4O2. The molecule has 0 radical (unpaired) electrons. The van der Waals surface area contributed by atoms with Crippen LogP contribution in [0.25, 0.3) is 0 Å². The predicted octanol–water partition coefficient (Wildman–Crippen LogP) is 3.57. The molecule has 2 N–H and O–H groups in total. The molecule has 0 bridgehead atoms. The molecule has 6 heteroatoms. The summed E-state index contributed by atoms with van der Waals surface area (Å²) in [7, 11) is 0. The minimum atomic E-state index is 0.00275. The number of rotatable bonds is 10. The molecule has 1 fully saturated rings. The van der Waals surface area contributed by atoms with Crippen LogP contribution >= 0.6 is 0 Å². The van der Waals surface area contributed by atoms with Gasteiger partial charge in [0, 0.05) is 38.8 Å². The van der Waals surface area contributed by atoms with Crippen LogP contribution in [0.3, 0.4) is 0 Å². The van der Waals surface area contributed by atoms with Crippen molar-refractivity contribution in [3.05, 3.63) is 0 Å². The van der Waals surface area contributed by atoms with Crippen LogP contribution in [0.5, 0.6) is 0 Å². The smallest absolute Gasteiger partial charge is 0.317 e. The summed E-state index contributed by atoms with van der Waals surface area (Å²) in [5.74, 6) is 0. The maximum Gasteiger partial charge on any atom is 0.317 e. The molecule has 4 amide bonds. The van der Waals surface area contributed by atoms with Gasteiger partial charge in [0.25, 0.3) is 0 Å². The van der Waals surface area contributed by atoms with Gasteiger partial charge in [-0.25, -0.2) is 9.59 Å². The largest absolute Gasteiger partial charge is 0.338 e. The minimum absolute atomic E-state index is 0.00275. The van der Waals surface area contributed by atoms with Crippen LogP contribution < -0.4 is 10.6 Å². The molecule has 0 spiro atoms. The van der Waals surface area contributed by atoms with Crippen molar-refractivity contribution >= 4 is 12.1 Å². The summed E-state index contributed by atoms with van der Waals surface area (Å²) in [5.41, 5.74) is 0. The summed E-state index contributed by atoms with van der Waals surface area (Å²) in [6.45, 7) is 9.67. The SMILES string of the molecule is CCCCCCNC(=O)N1CCN(C(=O)NCCCCCC)[C@@H](C)C1. The number of hydrogen-bond donors (Lipinski definition) is 2. The van der Waals surface area contributed by atoms with E-state index in [-0.39, 0.29) is 18.1 Å². The fourth-order valence-corrected chi connectivity index (χ4v) is 3.15. The Bertz CT molecular complexity index is 390. The van der Waals surface area contributed by atoms with E-state index in [0.717, 1.165) is 25.9 Å². The lowest BCUT2D eigenvalue weighted by molar-refractivity contribution is 0.112. The monoisotopic (exact) mass is 354 g/mol. The van der Waals surface area contributed by atoms with Crippen molar-refractivity contribution in [3.8, 4) is 0 Å². The van der Waals surface area contributed by atoms with Gasteiger partial charge in [-0.1, -0.05) is 52.4 Å². The summed E-state index contributed by atoms with van der Waals surface area (Å²) < 4.78 is 0. The first-order chi connectivity index (χ1) is 12.1. The Morgan fingerprint density at radius 2 is 1.40 bits per heavy atom. The van der Waals surface area contributed by atoms with Gasteiger partial charge in [0.15, 0.2) is 0 Å². The number of nitrogens with one attached hydrogen (secondary N) is 2. The number of hydrogen-bond acceptors (Lipinski definition) is 2. The number of unbranched alkanes of at least 4 members (excludes halogenated alkanes) is 6. The van der Waals surface area contributed by atoms with Crippen LogP contribution in [0.15, 0.2) is 0 Å². The van der Waals surface area contributed by atoms with Crippen molar-refractivity contribution in [2.75, 3.05) is 32.7 Å². The van der Waals surface area contributed by atoms with Crippen molar-refractivity contribution in [1.82, 2.24) is 20.4 Å². The first-order valence-electron chi connectivity index (χ1n) is 10.2. The summed E-state index contributed by atoms with van der Waals surface area (Å²) in [6, 6.07) is 0.0572. The van der Waals surface area contributed by atoms with E-state index in [1.807, 2.05) is 16.7 Å². The molecule has 0 unspecified atom stereocenters. The van der Waals surface area contributed by atoms with Gasteiger partial charge in [-0.2, -0.15) is 0 Å². The third kappa shape index (κ3) is 8.45. The normalized spacial score (nSPS) is 17.5. The standard InChI is InChI=1S/C19H38N4O2/c1-4-6-8-10-12-20-18(24)22-14-15-23(17(3)16-22)19(25)21-13-11-9-7-5-2/h17H,4-16H2,1-3H3,(H,20,24)(H,21,25)/t17-/m0/s1. The van der Waals surface area contributed by atoms with Crippen molar-refractivity contribution in [2.24, 2.45) is 0 Å². The Hall–Kier alpha value is -1.46. The van der Waals surface area contributed by atoms with E-state index in [1.54, 1.807) is 0 Å². The molecule has 1 heterocycles. The molecule has 1 saturated heterocycles. The molecule has 1 atom stereocenters. The van der Waals surface area contributed by atoms with E-state index >= 15 is 0 Å². The van der Waals surface area contributed by atoms with Crippen LogP contribution in [0.2, 0.25) is 0 Å². The average Bonchev–Trinajstić information content (AvgIpc) is 2.60. The first-order valence-corrected chi connectivity index (χ1v) is 10.2. The Labute approximate surface area is 153 Å². The Kier molecular flexibility index (Phi) is 11.1. The Balaban J connectivity index is 2.23. The van der Waals surface area contributed by atoms with Crippen molar-refractivity contribution in [1.29, 1.82) is 0 Å². The molecule has 6 nitrogen and oxygen atoms in total. The topological polar surface area (TPSA) is 64.7 Å². The predicted molar refractivity (Wildman–Crippen MR) is 103 cm³/mol. The zero-order valence-corrected chi connectivity index (χ0v) is 16.5. The van der Waals surface area contributed by atoms with E-state index in [1.165, 1.54) is 38.5 Å². The number of urea groups is 2. The van der Waals surface area contributed by atoms with E-state index in [0.29, 0.717) is 19.6 Å². The highest BCUT2D eigenvalue weighted by molar-refractivity contribution is 5.76. The molecule has 0 aliphatic carbocycles. The van der Waals surface area contributed by atoms with Gasteiger partial charge < -0.3 is 20.4 Å². The molecule has 146 valence electrons. The first kappa shape index (κ1) is 21.6. The average molecular weight is 355 g/mol. The third-order valence-electron chi connectivity index (χ3n) is 4.79. The summed E-state index contributed by atoms with van der Waals surface area (Å²) in [4.78, 5) is 28.2. The summed E-state index contributed by atoms with van der Waals surface area (Å²) in [6.07, 6.45) is 9.25. The van der Waals surface area contributed by atoms with Crippen LogP contribution in [-0.4, -0.2) is 60.6 Å². The van der Waals surface area contributed by atoms with E-state index in [9.17, 15) is 9.59 Å². The van der Waals surface area contributed by atoms with Gasteiger partial charge in [-0.15, -0.1) is 0 Å². The van der Waals surface area contributed by atoms with Crippen molar-refractivity contribution < 1.29 is 9.59 Å². The summed E-state index contributed by atoms with van der Waals surface area (Å²) >= 11 is 0. The Morgan fingerprint density at radius 3 is 1.92 bits per heavy atom. The molecule has 25 heavy (non-hydrogen) atoms. The van der Waals surface area contributed by atoms with Gasteiger partial charge in [0.05, 0.1) is 0 Å². The van der Waals surface area contributed by atoms with Gasteiger partial charge in [0.2, 0.25) is 0 Å². The molecule has 0 saturated carbocycles. The van der Waals surface area contributed by atoms with Crippen molar-refractivity contribution in [2.45, 2.75) is 78.2 Å². The van der Waals surface area contributed by atoms with Gasteiger partial charge >= 0.3 is 12.1 Å². The highest BCUT2D eigenvalue weighted by Gasteiger charge is 2.29. The van der Waals surface area contributed by atoms with Crippen LogP contribution in [0.4, 0.5) is 9.59 Å². The third-order valence-corrected chi connectivity index (χ3v) is 4.79. The number of amides is 4. The second-order valence-corrected chi connectivity index (χ2v) is 7.07. The Morgan fingerprint density at radius 1 is 0.840 bits per heavy atom. The maximum absolute atomic E-state index is 12.3. The van der Waals surface area contributed by atoms with Gasteiger partial charge in [-0.05, 0) is 19.8 Å². The fraction of sp³-hybridized carbons (Fsp3) is 0.895. The minimum Gasteiger partial charge on any atom is -0.338 e. The zero-order valence-electron chi connectivity index (χ0n) is 16.5. The van der Waals surface area contributed by atoms with E-state index < -0.39 is 0 Å². The van der Waals surface area contributed by atoms with Crippen LogP contribution in [0.1, 0.15) is 72.1 Å². The fourth-order valence-electron chi connectivity index (χ4n) is 3.15. The van der Waals surface area contributed by atoms with E-state index in [4.69, 9.17) is 0 Å². The lowest BCUT2D eigenvalue weighted by atomic mass is 10.2. The molecule has 1 aliphatic rings. The number of nitrogens with zero attached hydrogens (tertiary/aromatic N) is 2. The maximum atomic E-state index is 12.3. The molecule has 0 aromatic heterocycles. The number of carbonyl (C=O) groups excluding carboxylic acids is 2. The number of piperazine rings is 1. The van der Waals surface area contributed by atoms with Crippen LogP contribution in [0, 0.1) is 0 Å². The second kappa shape index (κ2) is 12.8. The second-order valence-electron chi connectivity index (χ2n) is 7.07. The molecular weight excluding hydrogens is 316 g/mol. The van der Waals surface area contributed by atoms with Crippen LogP contribution in [-0.2, 0) is 0 Å².